The van der Waals surface area contributed by atoms with E-state index in [1.807, 2.05) is 35.8 Å². The van der Waals surface area contributed by atoms with Crippen LogP contribution in [0.1, 0.15) is 37.6 Å². The number of hydrogen-bond donors (Lipinski definition) is 1. The number of carbonyl (C=O) groups is 1. The van der Waals surface area contributed by atoms with Crippen LogP contribution in [0.4, 0.5) is 0 Å². The molecule has 0 aliphatic rings. The number of rotatable bonds is 10. The predicted molar refractivity (Wildman–Crippen MR) is 120 cm³/mol. The van der Waals surface area contributed by atoms with Crippen molar-refractivity contribution in [2.24, 2.45) is 5.92 Å². The Bertz CT molecular complexity index is 978. The van der Waals surface area contributed by atoms with Gasteiger partial charge in [-0.1, -0.05) is 62.0 Å². The van der Waals surface area contributed by atoms with Gasteiger partial charge in [-0.25, -0.2) is 0 Å². The second-order valence-electron chi connectivity index (χ2n) is 7.54. The molecule has 158 valence electrons. The summed E-state index contributed by atoms with van der Waals surface area (Å²) in [5.74, 6) is 2.21. The molecule has 2 aromatic heterocycles. The maximum absolute atomic E-state index is 12.7. The van der Waals surface area contributed by atoms with E-state index in [0.717, 1.165) is 23.3 Å². The van der Waals surface area contributed by atoms with Crippen LogP contribution in [0.25, 0.3) is 11.4 Å². The molecule has 1 atom stereocenters. The highest BCUT2D eigenvalue weighted by Crippen LogP contribution is 2.27. The Morgan fingerprint density at radius 1 is 1.27 bits per heavy atom. The van der Waals surface area contributed by atoms with Gasteiger partial charge in [-0.05, 0) is 30.9 Å². The Morgan fingerprint density at radius 3 is 2.67 bits per heavy atom. The molecule has 3 rings (SSSR count). The first-order valence-electron chi connectivity index (χ1n) is 10.0. The first kappa shape index (κ1) is 21.9. The van der Waals surface area contributed by atoms with E-state index in [1.54, 1.807) is 12.3 Å². The summed E-state index contributed by atoms with van der Waals surface area (Å²) in [4.78, 5) is 12.7. The number of furan rings is 1. The third-order valence-electron chi connectivity index (χ3n) is 4.70. The molecule has 0 fully saturated rings. The van der Waals surface area contributed by atoms with Crippen LogP contribution >= 0.6 is 11.8 Å². The molecule has 1 aromatic carbocycles. The first-order chi connectivity index (χ1) is 14.5. The Hall–Kier alpha value is -2.80. The van der Waals surface area contributed by atoms with E-state index in [4.69, 9.17) is 4.42 Å². The van der Waals surface area contributed by atoms with Crippen LogP contribution in [0.2, 0.25) is 0 Å². The molecular weight excluding hydrogens is 396 g/mol. The van der Waals surface area contributed by atoms with Crippen LogP contribution < -0.4 is 5.32 Å². The zero-order valence-corrected chi connectivity index (χ0v) is 18.5. The molecular formula is C23H28N4O2S. The molecule has 1 N–H and O–H groups in total. The van der Waals surface area contributed by atoms with Crippen LogP contribution in [0.3, 0.4) is 0 Å². The van der Waals surface area contributed by atoms with E-state index in [-0.39, 0.29) is 17.7 Å². The van der Waals surface area contributed by atoms with Crippen molar-refractivity contribution in [2.45, 2.75) is 44.9 Å². The molecule has 0 aliphatic heterocycles. The van der Waals surface area contributed by atoms with Crippen molar-refractivity contribution in [3.63, 3.8) is 0 Å². The highest BCUT2D eigenvalue weighted by atomic mass is 32.2. The molecule has 7 heteroatoms. The summed E-state index contributed by atoms with van der Waals surface area (Å²) in [5.41, 5.74) is 2.01. The average molecular weight is 425 g/mol. The number of thioether (sulfide) groups is 1. The van der Waals surface area contributed by atoms with Crippen molar-refractivity contribution in [3.05, 3.63) is 66.6 Å². The number of amides is 1. The number of nitrogens with one attached hydrogen (secondary N) is 1. The number of hydrogen-bond acceptors (Lipinski definition) is 5. The van der Waals surface area contributed by atoms with Crippen molar-refractivity contribution in [1.29, 1.82) is 0 Å². The topological polar surface area (TPSA) is 73.0 Å². The quantitative estimate of drug-likeness (QED) is 0.365. The van der Waals surface area contributed by atoms with Gasteiger partial charge in [0.2, 0.25) is 5.91 Å². The second-order valence-corrected chi connectivity index (χ2v) is 8.49. The van der Waals surface area contributed by atoms with E-state index < -0.39 is 0 Å². The Balaban J connectivity index is 1.70. The van der Waals surface area contributed by atoms with E-state index in [2.05, 4.69) is 48.1 Å². The summed E-state index contributed by atoms with van der Waals surface area (Å²) in [6, 6.07) is 12.0. The minimum atomic E-state index is -0.0244. The van der Waals surface area contributed by atoms with Gasteiger partial charge in [0.15, 0.2) is 11.0 Å². The molecule has 2 heterocycles. The van der Waals surface area contributed by atoms with Gasteiger partial charge in [0.25, 0.3) is 0 Å². The average Bonchev–Trinajstić information content (AvgIpc) is 3.32. The van der Waals surface area contributed by atoms with E-state index in [9.17, 15) is 4.79 Å². The third-order valence-corrected chi connectivity index (χ3v) is 5.67. The Morgan fingerprint density at radius 2 is 2.03 bits per heavy atom. The van der Waals surface area contributed by atoms with E-state index >= 15 is 0 Å². The number of benzene rings is 1. The fourth-order valence-corrected chi connectivity index (χ4v) is 4.07. The molecule has 0 saturated heterocycles. The lowest BCUT2D eigenvalue weighted by Crippen LogP contribution is -2.31. The lowest BCUT2D eigenvalue weighted by atomic mass is 9.97. The molecule has 0 spiro atoms. The van der Waals surface area contributed by atoms with Gasteiger partial charge in [0.1, 0.15) is 5.76 Å². The summed E-state index contributed by atoms with van der Waals surface area (Å²) in [5, 5.41) is 12.5. The molecule has 0 aliphatic carbocycles. The second kappa shape index (κ2) is 10.3. The maximum Gasteiger partial charge on any atom is 0.230 e. The number of allylic oxidation sites excluding steroid dienone is 1. The lowest BCUT2D eigenvalue weighted by Gasteiger charge is -2.21. The van der Waals surface area contributed by atoms with E-state index in [1.165, 1.54) is 11.8 Å². The molecule has 6 nitrogen and oxygen atoms in total. The zero-order valence-electron chi connectivity index (χ0n) is 17.7. The first-order valence-corrected chi connectivity index (χ1v) is 11.0. The summed E-state index contributed by atoms with van der Waals surface area (Å²) in [6.45, 7) is 10.6. The zero-order chi connectivity index (χ0) is 21.5. The minimum Gasteiger partial charge on any atom is -0.469 e. The molecule has 3 aromatic rings. The fraction of sp³-hybridized carbons (Fsp3) is 0.348. The van der Waals surface area contributed by atoms with Crippen LogP contribution in [0, 0.1) is 12.8 Å². The van der Waals surface area contributed by atoms with Gasteiger partial charge < -0.3 is 9.73 Å². The monoisotopic (exact) mass is 424 g/mol. The van der Waals surface area contributed by atoms with Crippen LogP contribution in [-0.4, -0.2) is 26.4 Å². The highest BCUT2D eigenvalue weighted by molar-refractivity contribution is 7.99. The Labute approximate surface area is 181 Å². The van der Waals surface area contributed by atoms with Crippen molar-refractivity contribution in [1.82, 2.24) is 20.1 Å². The van der Waals surface area contributed by atoms with Crippen molar-refractivity contribution in [3.8, 4) is 11.4 Å². The molecule has 0 saturated carbocycles. The predicted octanol–water partition coefficient (Wildman–Crippen LogP) is 5.03. The summed E-state index contributed by atoms with van der Waals surface area (Å²) >= 11 is 1.37. The molecule has 0 bridgehead atoms. The van der Waals surface area contributed by atoms with Crippen LogP contribution in [0.5, 0.6) is 0 Å². The lowest BCUT2D eigenvalue weighted by molar-refractivity contribution is -0.119. The third kappa shape index (κ3) is 5.42. The van der Waals surface area contributed by atoms with Gasteiger partial charge in [-0.3, -0.25) is 9.36 Å². The van der Waals surface area contributed by atoms with Gasteiger partial charge in [-0.2, -0.15) is 0 Å². The smallest absolute Gasteiger partial charge is 0.230 e. The fourth-order valence-electron chi connectivity index (χ4n) is 3.31. The number of aromatic nitrogens is 3. The van der Waals surface area contributed by atoms with Crippen molar-refractivity contribution in [2.75, 3.05) is 5.75 Å². The van der Waals surface area contributed by atoms with Gasteiger partial charge >= 0.3 is 0 Å². The van der Waals surface area contributed by atoms with E-state index in [0.29, 0.717) is 23.4 Å². The van der Waals surface area contributed by atoms with Crippen molar-refractivity contribution < 1.29 is 9.21 Å². The summed E-state index contributed by atoms with van der Waals surface area (Å²) in [7, 11) is 0. The largest absolute Gasteiger partial charge is 0.469 e. The van der Waals surface area contributed by atoms with Gasteiger partial charge in [-0.15, -0.1) is 16.8 Å². The minimum absolute atomic E-state index is 0.00511. The van der Waals surface area contributed by atoms with Gasteiger partial charge in [0, 0.05) is 6.54 Å². The van der Waals surface area contributed by atoms with Crippen LogP contribution in [0.15, 0.2) is 64.9 Å². The normalized spacial score (nSPS) is 12.1. The molecule has 1 unspecified atom stereocenters. The summed E-state index contributed by atoms with van der Waals surface area (Å²) in [6.07, 6.45) is 4.31. The summed E-state index contributed by atoms with van der Waals surface area (Å²) < 4.78 is 7.35. The maximum atomic E-state index is 12.7. The number of carbonyl (C=O) groups excluding carboxylic acids is 1. The molecule has 1 amide bonds. The molecule has 30 heavy (non-hydrogen) atoms. The number of nitrogens with zero attached hydrogens (tertiary/aromatic N) is 3. The highest BCUT2D eigenvalue weighted by Gasteiger charge is 2.19. The molecule has 0 radical (unpaired) electrons. The van der Waals surface area contributed by atoms with Gasteiger partial charge in [0.05, 0.1) is 23.6 Å². The standard InChI is InChI=1S/C23H28N4O2S/c1-5-12-27-22(19-11-13-29-17(19)4)25-26-23(27)30-15-21(28)24-20(14-16(2)3)18-9-7-6-8-10-18/h5-11,13,16,20H,1,12,14-15H2,2-4H3,(H,24,28). The number of aryl methyl sites for hydroxylation is 1. The SMILES string of the molecule is C=CCn1c(SCC(=O)NC(CC(C)C)c2ccccc2)nnc1-c1ccoc1C. The Kier molecular flexibility index (Phi) is 7.52. The van der Waals surface area contributed by atoms with Crippen molar-refractivity contribution >= 4 is 17.7 Å². The van der Waals surface area contributed by atoms with Crippen LogP contribution in [-0.2, 0) is 11.3 Å².